The summed E-state index contributed by atoms with van der Waals surface area (Å²) in [5.74, 6) is 0.969. The van der Waals surface area contributed by atoms with Crippen LogP contribution in [0.5, 0.6) is 0 Å². The molecule has 0 radical (unpaired) electrons. The molecule has 1 aliphatic heterocycles. The summed E-state index contributed by atoms with van der Waals surface area (Å²) in [6.07, 6.45) is 9.43. The Balaban J connectivity index is 1.31. The minimum atomic E-state index is -0.174. The van der Waals surface area contributed by atoms with Crippen LogP contribution in [0.1, 0.15) is 81.4 Å². The van der Waals surface area contributed by atoms with Crippen molar-refractivity contribution >= 4 is 16.6 Å². The molecule has 6 heteroatoms. The molecule has 2 aliphatic rings. The molecule has 2 unspecified atom stereocenters. The van der Waals surface area contributed by atoms with Crippen LogP contribution in [0.3, 0.4) is 0 Å². The molecule has 0 amide bonds. The Morgan fingerprint density at radius 1 is 1.17 bits per heavy atom. The van der Waals surface area contributed by atoms with Gasteiger partial charge in [0.15, 0.2) is 5.65 Å². The molecular weight excluding hydrogens is 444 g/mol. The van der Waals surface area contributed by atoms with Crippen LogP contribution < -0.4 is 0 Å². The van der Waals surface area contributed by atoms with Gasteiger partial charge in [0, 0.05) is 28.7 Å². The average Bonchev–Trinajstić information content (AvgIpc) is 3.60. The van der Waals surface area contributed by atoms with Crippen molar-refractivity contribution in [2.45, 2.75) is 77.7 Å². The summed E-state index contributed by atoms with van der Waals surface area (Å²) in [7, 11) is 0. The number of nitrogens with zero attached hydrogens (tertiary/aromatic N) is 5. The van der Waals surface area contributed by atoms with Crippen LogP contribution in [0.2, 0.25) is 0 Å². The number of piperidine rings is 1. The smallest absolute Gasteiger partial charge is 0.158 e. The lowest BCUT2D eigenvalue weighted by Crippen LogP contribution is -2.46. The topological polar surface area (TPSA) is 73.0 Å². The molecule has 2 fully saturated rings. The molecule has 36 heavy (non-hydrogen) atoms. The number of rotatable bonds is 4. The number of H-pyrrole nitrogens is 1. The Kier molecular flexibility index (Phi) is 5.64. The molecule has 1 N–H and O–H groups in total. The summed E-state index contributed by atoms with van der Waals surface area (Å²) in [4.78, 5) is 10.7. The van der Waals surface area contributed by atoms with E-state index in [4.69, 9.17) is 0 Å². The maximum absolute atomic E-state index is 9.78. The zero-order valence-corrected chi connectivity index (χ0v) is 21.9. The molecule has 0 bridgehead atoms. The van der Waals surface area contributed by atoms with E-state index in [0.29, 0.717) is 17.9 Å². The van der Waals surface area contributed by atoms with Crippen LogP contribution in [0.15, 0.2) is 36.8 Å². The van der Waals surface area contributed by atoms with Gasteiger partial charge in [0.1, 0.15) is 6.33 Å². The number of aryl methyl sites for hydroxylation is 1. The van der Waals surface area contributed by atoms with E-state index in [0.717, 1.165) is 36.3 Å². The minimum Gasteiger partial charge on any atom is -0.354 e. The van der Waals surface area contributed by atoms with Gasteiger partial charge in [-0.15, -0.1) is 0 Å². The highest BCUT2D eigenvalue weighted by atomic mass is 15.3. The molecule has 2 atom stereocenters. The number of aromatic nitrogens is 4. The fourth-order valence-electron chi connectivity index (χ4n) is 6.95. The minimum absolute atomic E-state index is 0.174. The summed E-state index contributed by atoms with van der Waals surface area (Å²) in [5.41, 5.74) is 8.21. The maximum Gasteiger partial charge on any atom is 0.158 e. The van der Waals surface area contributed by atoms with Crippen LogP contribution in [-0.2, 0) is 0 Å². The number of hydrogen-bond acceptors (Lipinski definition) is 4. The van der Waals surface area contributed by atoms with Crippen molar-refractivity contribution in [2.75, 3.05) is 13.1 Å². The summed E-state index contributed by atoms with van der Waals surface area (Å²) >= 11 is 0. The van der Waals surface area contributed by atoms with E-state index < -0.39 is 0 Å². The standard InChI is InChI=1S/C30H36N6/c1-19(2)27-24-15-22(21-9-12-35(13-10-21)26-6-5-11-30(26,4)17-31)7-8-25(24)34-28(27)23-14-20(3)29-32-18-33-36(29)16-23/h7-8,14-16,18-19,21,26,34H,5-6,9-13H2,1-4H3. The van der Waals surface area contributed by atoms with E-state index in [1.807, 2.05) is 4.52 Å². The summed E-state index contributed by atoms with van der Waals surface area (Å²) in [6.45, 7) is 11.0. The Bertz CT molecular complexity index is 1460. The molecule has 1 aromatic carbocycles. The van der Waals surface area contributed by atoms with Crippen LogP contribution in [0.4, 0.5) is 0 Å². The molecule has 3 aromatic heterocycles. The van der Waals surface area contributed by atoms with Gasteiger partial charge in [-0.3, -0.25) is 4.90 Å². The predicted molar refractivity (Wildman–Crippen MR) is 144 cm³/mol. The van der Waals surface area contributed by atoms with Crippen LogP contribution >= 0.6 is 0 Å². The molecular formula is C30H36N6. The number of aromatic amines is 1. The second kappa shape index (κ2) is 8.74. The molecule has 186 valence electrons. The predicted octanol–water partition coefficient (Wildman–Crippen LogP) is 6.57. The highest BCUT2D eigenvalue weighted by Gasteiger charge is 2.43. The molecule has 1 aliphatic carbocycles. The van der Waals surface area contributed by atoms with E-state index in [-0.39, 0.29) is 5.41 Å². The molecule has 1 saturated carbocycles. The quantitative estimate of drug-likeness (QED) is 0.358. The number of benzene rings is 1. The normalized spacial score (nSPS) is 23.7. The third-order valence-electron chi connectivity index (χ3n) is 8.89. The number of hydrogen-bond donors (Lipinski definition) is 1. The van der Waals surface area contributed by atoms with Crippen molar-refractivity contribution in [1.29, 1.82) is 5.26 Å². The van der Waals surface area contributed by atoms with Gasteiger partial charge in [-0.2, -0.15) is 10.4 Å². The second-order valence-corrected chi connectivity index (χ2v) is 11.6. The van der Waals surface area contributed by atoms with E-state index in [2.05, 4.69) is 84.2 Å². The van der Waals surface area contributed by atoms with E-state index in [9.17, 15) is 5.26 Å². The van der Waals surface area contributed by atoms with E-state index in [1.165, 1.54) is 53.4 Å². The van der Waals surface area contributed by atoms with Crippen molar-refractivity contribution < 1.29 is 0 Å². The van der Waals surface area contributed by atoms with Crippen LogP contribution in [-0.4, -0.2) is 43.6 Å². The molecule has 0 spiro atoms. The van der Waals surface area contributed by atoms with E-state index in [1.54, 1.807) is 6.33 Å². The van der Waals surface area contributed by atoms with Gasteiger partial charge in [-0.05, 0) is 99.3 Å². The number of nitrogens with one attached hydrogen (secondary N) is 1. The Morgan fingerprint density at radius 2 is 1.97 bits per heavy atom. The highest BCUT2D eigenvalue weighted by molar-refractivity contribution is 5.92. The summed E-state index contributed by atoms with van der Waals surface area (Å²) in [5, 5.41) is 15.5. The Labute approximate surface area is 213 Å². The highest BCUT2D eigenvalue weighted by Crippen LogP contribution is 2.43. The zero-order chi connectivity index (χ0) is 25.0. The maximum atomic E-state index is 9.78. The molecule has 6 rings (SSSR count). The van der Waals surface area contributed by atoms with Crippen LogP contribution in [0.25, 0.3) is 27.8 Å². The second-order valence-electron chi connectivity index (χ2n) is 11.6. The van der Waals surface area contributed by atoms with Gasteiger partial charge in [0.05, 0.1) is 17.2 Å². The molecule has 1 saturated heterocycles. The van der Waals surface area contributed by atoms with Crippen molar-refractivity contribution in [3.05, 3.63) is 53.5 Å². The third-order valence-corrected chi connectivity index (χ3v) is 8.89. The van der Waals surface area contributed by atoms with Gasteiger partial charge < -0.3 is 4.98 Å². The first-order chi connectivity index (χ1) is 17.4. The summed E-state index contributed by atoms with van der Waals surface area (Å²) in [6, 6.07) is 12.3. The first-order valence-corrected chi connectivity index (χ1v) is 13.5. The van der Waals surface area contributed by atoms with Crippen molar-refractivity contribution in [1.82, 2.24) is 24.5 Å². The first kappa shape index (κ1) is 23.2. The Hall–Kier alpha value is -3.17. The summed E-state index contributed by atoms with van der Waals surface area (Å²) < 4.78 is 1.88. The van der Waals surface area contributed by atoms with Crippen molar-refractivity contribution in [3.8, 4) is 17.3 Å². The largest absolute Gasteiger partial charge is 0.354 e. The molecule has 4 heterocycles. The molecule has 6 nitrogen and oxygen atoms in total. The van der Waals surface area contributed by atoms with Crippen molar-refractivity contribution in [2.24, 2.45) is 5.41 Å². The lowest BCUT2D eigenvalue weighted by atomic mass is 9.82. The SMILES string of the molecule is Cc1cc(-c2[nH]c3ccc(C4CCN(C5CCCC5(C)C#N)CC4)cc3c2C(C)C)cn2ncnc12. The van der Waals surface area contributed by atoms with Crippen molar-refractivity contribution in [3.63, 3.8) is 0 Å². The van der Waals surface area contributed by atoms with Gasteiger partial charge in [-0.25, -0.2) is 9.50 Å². The lowest BCUT2D eigenvalue weighted by molar-refractivity contribution is 0.104. The third kappa shape index (κ3) is 3.72. The lowest BCUT2D eigenvalue weighted by Gasteiger charge is -2.40. The first-order valence-electron chi connectivity index (χ1n) is 13.5. The van der Waals surface area contributed by atoms with Gasteiger partial charge in [0.2, 0.25) is 0 Å². The van der Waals surface area contributed by atoms with E-state index >= 15 is 0 Å². The monoisotopic (exact) mass is 480 g/mol. The van der Waals surface area contributed by atoms with Crippen LogP contribution in [0, 0.1) is 23.7 Å². The fraction of sp³-hybridized carbons (Fsp3) is 0.500. The average molecular weight is 481 g/mol. The number of pyridine rings is 1. The number of likely N-dealkylation sites (tertiary alicyclic amines) is 1. The number of fused-ring (bicyclic) bond motifs is 2. The van der Waals surface area contributed by atoms with Gasteiger partial charge in [-0.1, -0.05) is 26.3 Å². The zero-order valence-electron chi connectivity index (χ0n) is 21.9. The fourth-order valence-corrected chi connectivity index (χ4v) is 6.95. The molecule has 4 aromatic rings. The van der Waals surface area contributed by atoms with Gasteiger partial charge >= 0.3 is 0 Å². The number of nitriles is 1. The Morgan fingerprint density at radius 3 is 2.72 bits per heavy atom. The van der Waals surface area contributed by atoms with Gasteiger partial charge in [0.25, 0.3) is 0 Å².